The maximum Gasteiger partial charge on any atom is 0.180 e. The second kappa shape index (κ2) is 7.41. The summed E-state index contributed by atoms with van der Waals surface area (Å²) in [7, 11) is 0. The standard InChI is InChI=1S/C16H25NO3/c1-5-17(12-16(3,4)19)11-14(18)13-9-7-8-10-15(13)20-6-2/h7-10,19H,5-6,11-12H2,1-4H3. The number of nitrogens with zero attached hydrogens (tertiary/aromatic N) is 1. The Balaban J connectivity index is 2.79. The molecule has 1 N–H and O–H groups in total. The van der Waals surface area contributed by atoms with Gasteiger partial charge in [-0.05, 0) is 39.4 Å². The number of hydrogen-bond donors (Lipinski definition) is 1. The number of aliphatic hydroxyl groups is 1. The van der Waals surface area contributed by atoms with E-state index in [2.05, 4.69) is 0 Å². The number of carbonyl (C=O) groups is 1. The molecule has 0 saturated heterocycles. The van der Waals surface area contributed by atoms with Gasteiger partial charge in [0.1, 0.15) is 5.75 Å². The van der Waals surface area contributed by atoms with Gasteiger partial charge in [0.2, 0.25) is 0 Å². The molecule has 0 aliphatic carbocycles. The van der Waals surface area contributed by atoms with Gasteiger partial charge in [0.05, 0.1) is 24.3 Å². The van der Waals surface area contributed by atoms with Crippen LogP contribution in [0.3, 0.4) is 0 Å². The Morgan fingerprint density at radius 3 is 2.50 bits per heavy atom. The normalized spacial score (nSPS) is 11.7. The second-order valence-electron chi connectivity index (χ2n) is 5.47. The van der Waals surface area contributed by atoms with Crippen molar-refractivity contribution in [2.75, 3.05) is 26.2 Å². The highest BCUT2D eigenvalue weighted by molar-refractivity contribution is 6.00. The van der Waals surface area contributed by atoms with Crippen molar-refractivity contribution in [3.05, 3.63) is 29.8 Å². The van der Waals surface area contributed by atoms with Gasteiger partial charge in [-0.2, -0.15) is 0 Å². The number of likely N-dealkylation sites (N-methyl/N-ethyl adjacent to an activating group) is 1. The molecule has 1 rings (SSSR count). The van der Waals surface area contributed by atoms with E-state index in [1.165, 1.54) is 0 Å². The minimum absolute atomic E-state index is 0.0140. The summed E-state index contributed by atoms with van der Waals surface area (Å²) >= 11 is 0. The van der Waals surface area contributed by atoms with Gasteiger partial charge in [0, 0.05) is 6.54 Å². The van der Waals surface area contributed by atoms with Crippen molar-refractivity contribution in [3.8, 4) is 5.75 Å². The molecule has 0 spiro atoms. The summed E-state index contributed by atoms with van der Waals surface area (Å²) in [6, 6.07) is 7.28. The van der Waals surface area contributed by atoms with Gasteiger partial charge in [-0.15, -0.1) is 0 Å². The monoisotopic (exact) mass is 279 g/mol. The average molecular weight is 279 g/mol. The summed E-state index contributed by atoms with van der Waals surface area (Å²) in [5, 5.41) is 9.86. The van der Waals surface area contributed by atoms with Crippen molar-refractivity contribution in [1.29, 1.82) is 0 Å². The van der Waals surface area contributed by atoms with E-state index in [1.54, 1.807) is 19.9 Å². The van der Waals surface area contributed by atoms with E-state index in [-0.39, 0.29) is 12.3 Å². The van der Waals surface area contributed by atoms with Crippen LogP contribution in [0.5, 0.6) is 5.75 Å². The number of carbonyl (C=O) groups excluding carboxylic acids is 1. The number of benzene rings is 1. The quantitative estimate of drug-likeness (QED) is 0.742. The Kier molecular flexibility index (Phi) is 6.17. The molecule has 0 fully saturated rings. The fourth-order valence-electron chi connectivity index (χ4n) is 2.09. The highest BCUT2D eigenvalue weighted by Crippen LogP contribution is 2.19. The third kappa shape index (κ3) is 5.31. The smallest absolute Gasteiger partial charge is 0.180 e. The van der Waals surface area contributed by atoms with Gasteiger partial charge in [-0.25, -0.2) is 0 Å². The summed E-state index contributed by atoms with van der Waals surface area (Å²) in [5.74, 6) is 0.638. The van der Waals surface area contributed by atoms with Gasteiger partial charge in [-0.1, -0.05) is 19.1 Å². The fourth-order valence-corrected chi connectivity index (χ4v) is 2.09. The molecular weight excluding hydrogens is 254 g/mol. The van der Waals surface area contributed by atoms with E-state index < -0.39 is 5.60 Å². The zero-order chi connectivity index (χ0) is 15.2. The summed E-state index contributed by atoms with van der Waals surface area (Å²) < 4.78 is 5.49. The summed E-state index contributed by atoms with van der Waals surface area (Å²) in [6.07, 6.45) is 0. The first-order chi connectivity index (χ1) is 9.37. The van der Waals surface area contributed by atoms with Crippen LogP contribution in [0.2, 0.25) is 0 Å². The van der Waals surface area contributed by atoms with E-state index in [9.17, 15) is 9.90 Å². The Morgan fingerprint density at radius 1 is 1.30 bits per heavy atom. The van der Waals surface area contributed by atoms with Crippen LogP contribution in [0.15, 0.2) is 24.3 Å². The van der Waals surface area contributed by atoms with E-state index in [4.69, 9.17) is 4.74 Å². The van der Waals surface area contributed by atoms with E-state index in [0.717, 1.165) is 0 Å². The summed E-state index contributed by atoms with van der Waals surface area (Å²) in [4.78, 5) is 14.3. The van der Waals surface area contributed by atoms with Crippen LogP contribution in [-0.2, 0) is 0 Å². The topological polar surface area (TPSA) is 49.8 Å². The van der Waals surface area contributed by atoms with Crippen molar-refractivity contribution in [2.45, 2.75) is 33.3 Å². The second-order valence-corrected chi connectivity index (χ2v) is 5.47. The molecule has 20 heavy (non-hydrogen) atoms. The molecule has 0 radical (unpaired) electrons. The highest BCUT2D eigenvalue weighted by atomic mass is 16.5. The molecule has 0 bridgehead atoms. The molecule has 1 aromatic carbocycles. The first kappa shape index (κ1) is 16.7. The molecule has 0 atom stereocenters. The Bertz CT molecular complexity index is 438. The van der Waals surface area contributed by atoms with Crippen LogP contribution in [0.4, 0.5) is 0 Å². The summed E-state index contributed by atoms with van der Waals surface area (Å²) in [5.41, 5.74) is -0.209. The van der Waals surface area contributed by atoms with Gasteiger partial charge < -0.3 is 9.84 Å². The Labute approximate surface area is 121 Å². The first-order valence-corrected chi connectivity index (χ1v) is 7.07. The van der Waals surface area contributed by atoms with Gasteiger partial charge in [0.25, 0.3) is 0 Å². The predicted octanol–water partition coefficient (Wildman–Crippen LogP) is 2.36. The number of Topliss-reactive ketones (excluding diaryl/α,β-unsaturated/α-hetero) is 1. The van der Waals surface area contributed by atoms with Crippen molar-refractivity contribution in [3.63, 3.8) is 0 Å². The highest BCUT2D eigenvalue weighted by Gasteiger charge is 2.21. The third-order valence-electron chi connectivity index (χ3n) is 2.91. The van der Waals surface area contributed by atoms with Crippen LogP contribution >= 0.6 is 0 Å². The lowest BCUT2D eigenvalue weighted by atomic mass is 10.1. The molecule has 0 heterocycles. The molecule has 112 valence electrons. The number of para-hydroxylation sites is 1. The SMILES string of the molecule is CCOc1ccccc1C(=O)CN(CC)CC(C)(C)O. The van der Waals surface area contributed by atoms with Crippen LogP contribution in [0.1, 0.15) is 38.1 Å². The predicted molar refractivity (Wildman–Crippen MR) is 80.4 cm³/mol. The fraction of sp³-hybridized carbons (Fsp3) is 0.562. The number of ketones is 1. The van der Waals surface area contributed by atoms with E-state index >= 15 is 0 Å². The van der Waals surface area contributed by atoms with Gasteiger partial charge in [0.15, 0.2) is 5.78 Å². The molecule has 4 nitrogen and oxygen atoms in total. The zero-order valence-electron chi connectivity index (χ0n) is 12.8. The van der Waals surface area contributed by atoms with E-state index in [1.807, 2.05) is 36.9 Å². The third-order valence-corrected chi connectivity index (χ3v) is 2.91. The molecule has 4 heteroatoms. The van der Waals surface area contributed by atoms with Gasteiger partial charge in [-0.3, -0.25) is 9.69 Å². The molecule has 0 saturated carbocycles. The van der Waals surface area contributed by atoms with Crippen LogP contribution < -0.4 is 4.74 Å². The van der Waals surface area contributed by atoms with Crippen molar-refractivity contribution in [1.82, 2.24) is 4.90 Å². The van der Waals surface area contributed by atoms with Crippen LogP contribution in [0.25, 0.3) is 0 Å². The lowest BCUT2D eigenvalue weighted by Crippen LogP contribution is -2.41. The number of rotatable bonds is 8. The minimum Gasteiger partial charge on any atom is -0.493 e. The Hall–Kier alpha value is -1.39. The molecule has 0 amide bonds. The van der Waals surface area contributed by atoms with Crippen molar-refractivity contribution >= 4 is 5.78 Å². The minimum atomic E-state index is -0.810. The zero-order valence-corrected chi connectivity index (χ0v) is 12.8. The number of hydrogen-bond acceptors (Lipinski definition) is 4. The molecule has 0 aromatic heterocycles. The van der Waals surface area contributed by atoms with Crippen molar-refractivity contribution in [2.24, 2.45) is 0 Å². The summed E-state index contributed by atoms with van der Waals surface area (Å²) in [6.45, 7) is 9.36. The van der Waals surface area contributed by atoms with E-state index in [0.29, 0.717) is 31.0 Å². The largest absolute Gasteiger partial charge is 0.493 e. The molecule has 1 aromatic rings. The number of ether oxygens (including phenoxy) is 1. The molecule has 0 unspecified atom stereocenters. The molecule has 0 aliphatic rings. The average Bonchev–Trinajstić information content (AvgIpc) is 2.37. The lowest BCUT2D eigenvalue weighted by molar-refractivity contribution is 0.0375. The molecular formula is C16H25NO3. The lowest BCUT2D eigenvalue weighted by Gasteiger charge is -2.27. The van der Waals surface area contributed by atoms with Crippen LogP contribution in [0, 0.1) is 0 Å². The Morgan fingerprint density at radius 2 is 1.95 bits per heavy atom. The first-order valence-electron chi connectivity index (χ1n) is 7.07. The maximum absolute atomic E-state index is 12.4. The maximum atomic E-state index is 12.4. The van der Waals surface area contributed by atoms with Crippen molar-refractivity contribution < 1.29 is 14.6 Å². The molecule has 0 aliphatic heterocycles. The van der Waals surface area contributed by atoms with Crippen LogP contribution in [-0.4, -0.2) is 47.6 Å². The van der Waals surface area contributed by atoms with Gasteiger partial charge >= 0.3 is 0 Å².